The second kappa shape index (κ2) is 11.0. The molecule has 0 saturated heterocycles. The molecule has 0 aliphatic carbocycles. The minimum absolute atomic E-state index is 0.0712. The first-order valence-corrected chi connectivity index (χ1v) is 11.3. The molecule has 7 nitrogen and oxygen atoms in total. The Morgan fingerprint density at radius 3 is 2.27 bits per heavy atom. The summed E-state index contributed by atoms with van der Waals surface area (Å²) in [6, 6.07) is 9.84. The summed E-state index contributed by atoms with van der Waals surface area (Å²) in [6.07, 6.45) is 0.331. The summed E-state index contributed by atoms with van der Waals surface area (Å²) in [5.41, 5.74) is 0.608. The number of ether oxygens (including phenoxy) is 1. The number of aliphatic hydroxyl groups excluding tert-OH is 1. The van der Waals surface area contributed by atoms with Crippen molar-refractivity contribution in [2.24, 2.45) is 0 Å². The predicted molar refractivity (Wildman–Crippen MR) is 129 cm³/mol. The normalized spacial score (nSPS) is 13.7. The zero-order valence-electron chi connectivity index (χ0n) is 20.1. The van der Waals surface area contributed by atoms with Crippen LogP contribution >= 0.6 is 11.6 Å². The molecule has 0 spiro atoms. The van der Waals surface area contributed by atoms with Crippen molar-refractivity contribution in [2.45, 2.75) is 77.7 Å². The van der Waals surface area contributed by atoms with Crippen LogP contribution in [-0.4, -0.2) is 45.4 Å². The van der Waals surface area contributed by atoms with E-state index in [4.69, 9.17) is 16.3 Å². The highest BCUT2D eigenvalue weighted by molar-refractivity contribution is 6.30. The summed E-state index contributed by atoms with van der Waals surface area (Å²) in [6.45, 7) is 11.0. The number of halogens is 1. The van der Waals surface area contributed by atoms with Crippen molar-refractivity contribution in [3.63, 3.8) is 0 Å². The molecule has 0 aliphatic rings. The topological polar surface area (TPSA) is 101 Å². The van der Waals surface area contributed by atoms with Crippen LogP contribution in [0.1, 0.15) is 63.2 Å². The Bertz CT molecular complexity index is 949. The maximum Gasteiger partial charge on any atom is 0.407 e. The number of rotatable bonds is 7. The number of nitrogens with zero attached hydrogens (tertiary/aromatic N) is 1. The molecule has 0 aliphatic heterocycles. The van der Waals surface area contributed by atoms with Crippen LogP contribution in [0.15, 0.2) is 42.6 Å². The molecule has 3 N–H and O–H groups in total. The molecule has 2 aromatic rings. The van der Waals surface area contributed by atoms with E-state index >= 15 is 0 Å². The van der Waals surface area contributed by atoms with Crippen molar-refractivity contribution in [2.75, 3.05) is 0 Å². The number of aliphatic hydroxyl groups is 1. The van der Waals surface area contributed by atoms with Crippen LogP contribution < -0.4 is 10.6 Å². The Labute approximate surface area is 200 Å². The molecule has 180 valence electrons. The van der Waals surface area contributed by atoms with Gasteiger partial charge in [0.1, 0.15) is 5.60 Å². The van der Waals surface area contributed by atoms with Crippen LogP contribution in [0.3, 0.4) is 0 Å². The lowest BCUT2D eigenvalue weighted by molar-refractivity contribution is 0.0420. The SMILES string of the molecule is CC(C)(C)NC(=O)c1cccnc1C[C@@H](O)[C@@H](Cc1ccc(Cl)cc1)NC(=O)OC(C)(C)C. The molecule has 1 aromatic heterocycles. The molecule has 0 unspecified atom stereocenters. The number of alkyl carbamates (subject to hydrolysis) is 1. The van der Waals surface area contributed by atoms with Crippen LogP contribution in [0.2, 0.25) is 5.02 Å². The average Bonchev–Trinajstić information content (AvgIpc) is 2.66. The second-order valence-corrected chi connectivity index (χ2v) is 10.5. The standard InChI is InChI=1S/C25H34ClN3O4/c1-24(2,3)29-22(31)18-8-7-13-27-19(18)15-21(30)20(28-23(32)33-25(4,5)6)14-16-9-11-17(26)12-10-16/h7-13,20-21,30H,14-15H2,1-6H3,(H,28,32)(H,29,31)/t20-,21-/m1/s1. The number of pyridine rings is 1. The fourth-order valence-corrected chi connectivity index (χ4v) is 3.30. The van der Waals surface area contributed by atoms with Crippen LogP contribution in [0.5, 0.6) is 0 Å². The van der Waals surface area contributed by atoms with Gasteiger partial charge in [0.25, 0.3) is 5.91 Å². The Hall–Kier alpha value is -2.64. The summed E-state index contributed by atoms with van der Waals surface area (Å²) >= 11 is 5.98. The van der Waals surface area contributed by atoms with Gasteiger partial charge in [-0.1, -0.05) is 23.7 Å². The van der Waals surface area contributed by atoms with Gasteiger partial charge in [-0.05, 0) is 77.8 Å². The maximum absolute atomic E-state index is 12.8. The van der Waals surface area contributed by atoms with E-state index in [0.717, 1.165) is 5.56 Å². The molecule has 0 saturated carbocycles. The van der Waals surface area contributed by atoms with Gasteiger partial charge in [-0.25, -0.2) is 4.79 Å². The summed E-state index contributed by atoms with van der Waals surface area (Å²) in [5.74, 6) is -0.271. The van der Waals surface area contributed by atoms with Gasteiger partial charge in [0, 0.05) is 23.2 Å². The Kier molecular flexibility index (Phi) is 8.86. The quantitative estimate of drug-likeness (QED) is 0.554. The molecule has 0 radical (unpaired) electrons. The number of hydrogen-bond acceptors (Lipinski definition) is 5. The van der Waals surface area contributed by atoms with Gasteiger partial charge < -0.3 is 20.5 Å². The van der Waals surface area contributed by atoms with Crippen LogP contribution in [0.25, 0.3) is 0 Å². The van der Waals surface area contributed by atoms with Crippen molar-refractivity contribution < 1.29 is 19.4 Å². The van der Waals surface area contributed by atoms with Crippen LogP contribution in [0, 0.1) is 0 Å². The van der Waals surface area contributed by atoms with Crippen LogP contribution in [-0.2, 0) is 17.6 Å². The molecular weight excluding hydrogens is 442 g/mol. The van der Waals surface area contributed by atoms with Gasteiger partial charge in [0.05, 0.1) is 23.4 Å². The molecule has 1 heterocycles. The molecular formula is C25H34ClN3O4. The molecule has 0 bridgehead atoms. The lowest BCUT2D eigenvalue weighted by atomic mass is 9.96. The van der Waals surface area contributed by atoms with Crippen molar-refractivity contribution in [3.05, 3.63) is 64.4 Å². The Morgan fingerprint density at radius 2 is 1.70 bits per heavy atom. The second-order valence-electron chi connectivity index (χ2n) is 10.1. The number of carbonyl (C=O) groups is 2. The number of nitrogens with one attached hydrogen (secondary N) is 2. The minimum atomic E-state index is -1.02. The summed E-state index contributed by atoms with van der Waals surface area (Å²) in [5, 5.41) is 17.4. The highest BCUT2D eigenvalue weighted by Crippen LogP contribution is 2.17. The third kappa shape index (κ3) is 9.40. The average molecular weight is 476 g/mol. The summed E-state index contributed by atoms with van der Waals surface area (Å²) < 4.78 is 5.38. The maximum atomic E-state index is 12.8. The highest BCUT2D eigenvalue weighted by atomic mass is 35.5. The third-order valence-electron chi connectivity index (χ3n) is 4.56. The number of amides is 2. The first-order chi connectivity index (χ1) is 15.2. The lowest BCUT2D eigenvalue weighted by Crippen LogP contribution is -2.47. The fraction of sp³-hybridized carbons (Fsp3) is 0.480. The number of carbonyl (C=O) groups excluding carboxylic acids is 2. The van der Waals surface area contributed by atoms with E-state index in [2.05, 4.69) is 15.6 Å². The molecule has 2 amide bonds. The first kappa shape index (κ1) is 26.6. The smallest absolute Gasteiger partial charge is 0.407 e. The van der Waals surface area contributed by atoms with E-state index in [1.54, 1.807) is 51.2 Å². The van der Waals surface area contributed by atoms with E-state index in [-0.39, 0.29) is 12.3 Å². The zero-order valence-corrected chi connectivity index (χ0v) is 20.9. The molecule has 33 heavy (non-hydrogen) atoms. The van der Waals surface area contributed by atoms with Crippen molar-refractivity contribution in [3.8, 4) is 0 Å². The predicted octanol–water partition coefficient (Wildman–Crippen LogP) is 4.30. The largest absolute Gasteiger partial charge is 0.444 e. The van der Waals surface area contributed by atoms with E-state index in [9.17, 15) is 14.7 Å². The summed E-state index contributed by atoms with van der Waals surface area (Å²) in [7, 11) is 0. The molecule has 2 atom stereocenters. The van der Waals surface area contributed by atoms with Crippen molar-refractivity contribution in [1.82, 2.24) is 15.6 Å². The Morgan fingerprint density at radius 1 is 1.06 bits per heavy atom. The van der Waals surface area contributed by atoms with Gasteiger partial charge in [0.15, 0.2) is 0 Å². The lowest BCUT2D eigenvalue weighted by Gasteiger charge is -2.27. The summed E-state index contributed by atoms with van der Waals surface area (Å²) in [4.78, 5) is 29.5. The van der Waals surface area contributed by atoms with Gasteiger partial charge in [0.2, 0.25) is 0 Å². The first-order valence-electron chi connectivity index (χ1n) is 10.9. The monoisotopic (exact) mass is 475 g/mol. The van der Waals surface area contributed by atoms with E-state index < -0.39 is 29.4 Å². The number of benzene rings is 1. The molecule has 8 heteroatoms. The molecule has 0 fully saturated rings. The van der Waals surface area contributed by atoms with E-state index in [1.165, 1.54) is 0 Å². The minimum Gasteiger partial charge on any atom is -0.444 e. The van der Waals surface area contributed by atoms with Crippen molar-refractivity contribution in [1.29, 1.82) is 0 Å². The third-order valence-corrected chi connectivity index (χ3v) is 4.81. The Balaban J connectivity index is 2.25. The molecule has 1 aromatic carbocycles. The van der Waals surface area contributed by atoms with E-state index in [1.807, 2.05) is 32.9 Å². The van der Waals surface area contributed by atoms with Gasteiger partial charge in [-0.2, -0.15) is 0 Å². The zero-order chi connectivity index (χ0) is 24.8. The van der Waals surface area contributed by atoms with E-state index in [0.29, 0.717) is 22.7 Å². The highest BCUT2D eigenvalue weighted by Gasteiger charge is 2.27. The number of aromatic nitrogens is 1. The van der Waals surface area contributed by atoms with Crippen molar-refractivity contribution >= 4 is 23.6 Å². The number of hydrogen-bond donors (Lipinski definition) is 3. The molecule has 2 rings (SSSR count). The van der Waals surface area contributed by atoms with Crippen LogP contribution in [0.4, 0.5) is 4.79 Å². The van der Waals surface area contributed by atoms with Gasteiger partial charge in [-0.3, -0.25) is 9.78 Å². The van der Waals surface area contributed by atoms with Gasteiger partial charge in [-0.15, -0.1) is 0 Å². The van der Waals surface area contributed by atoms with Gasteiger partial charge >= 0.3 is 6.09 Å². The fourth-order valence-electron chi connectivity index (χ4n) is 3.17.